The normalized spacial score (nSPS) is 29.1. The number of aryl methyl sites for hydroxylation is 1. The Balaban J connectivity index is 1.60. The number of benzene rings is 1. The highest BCUT2D eigenvalue weighted by molar-refractivity contribution is 7.17. The monoisotopic (exact) mass is 327 g/mol. The number of nitrogens with zero attached hydrogens (tertiary/aromatic N) is 1. The molecule has 1 aromatic heterocycles. The van der Waals surface area contributed by atoms with Crippen LogP contribution < -0.4 is 0 Å². The van der Waals surface area contributed by atoms with Crippen molar-refractivity contribution in [3.05, 3.63) is 34.7 Å². The van der Waals surface area contributed by atoms with Crippen LogP contribution in [0, 0.1) is 18.8 Å². The van der Waals surface area contributed by atoms with Crippen molar-refractivity contribution in [2.75, 3.05) is 13.1 Å². The summed E-state index contributed by atoms with van der Waals surface area (Å²) in [6.07, 6.45) is 3.23. The van der Waals surface area contributed by atoms with Gasteiger partial charge in [0.05, 0.1) is 0 Å². The third-order valence-corrected chi connectivity index (χ3v) is 7.41. The van der Waals surface area contributed by atoms with Crippen molar-refractivity contribution in [3.8, 4) is 0 Å². The SMILES string of the molecule is Cc1csc2ccc(C(=O)C[C@@H]3C4CCN(CC4)C3(C)C)cc12. The zero-order valence-electron chi connectivity index (χ0n) is 14.3. The van der Waals surface area contributed by atoms with Crippen LogP contribution in [0.3, 0.4) is 0 Å². The lowest BCUT2D eigenvalue weighted by Crippen LogP contribution is -2.61. The van der Waals surface area contributed by atoms with E-state index in [-0.39, 0.29) is 5.54 Å². The van der Waals surface area contributed by atoms with E-state index in [9.17, 15) is 4.79 Å². The molecule has 23 heavy (non-hydrogen) atoms. The number of hydrogen-bond acceptors (Lipinski definition) is 3. The molecule has 3 saturated heterocycles. The number of ketones is 1. The third kappa shape index (κ3) is 2.45. The number of fused-ring (bicyclic) bond motifs is 4. The van der Waals surface area contributed by atoms with Crippen molar-refractivity contribution < 1.29 is 4.79 Å². The van der Waals surface area contributed by atoms with E-state index in [1.54, 1.807) is 11.3 Å². The molecule has 3 aliphatic heterocycles. The zero-order chi connectivity index (χ0) is 16.2. The molecule has 122 valence electrons. The summed E-state index contributed by atoms with van der Waals surface area (Å²) in [6.45, 7) is 9.22. The molecule has 5 rings (SSSR count). The Kier molecular flexibility index (Phi) is 3.62. The number of hydrogen-bond donors (Lipinski definition) is 0. The Labute approximate surface area is 142 Å². The molecule has 2 bridgehead atoms. The summed E-state index contributed by atoms with van der Waals surface area (Å²) in [5, 5.41) is 3.42. The highest BCUT2D eigenvalue weighted by atomic mass is 32.1. The summed E-state index contributed by atoms with van der Waals surface area (Å²) in [5.41, 5.74) is 2.34. The van der Waals surface area contributed by atoms with Crippen LogP contribution in [0.25, 0.3) is 10.1 Å². The van der Waals surface area contributed by atoms with Gasteiger partial charge in [-0.15, -0.1) is 11.3 Å². The van der Waals surface area contributed by atoms with Crippen LogP contribution in [0.1, 0.15) is 49.0 Å². The fraction of sp³-hybridized carbons (Fsp3) is 0.550. The summed E-state index contributed by atoms with van der Waals surface area (Å²) >= 11 is 1.76. The van der Waals surface area contributed by atoms with Gasteiger partial charge in [-0.1, -0.05) is 0 Å². The number of Topliss-reactive ketones (excluding diaryl/α,β-unsaturated/α-hetero) is 1. The van der Waals surface area contributed by atoms with E-state index in [1.807, 2.05) is 6.07 Å². The van der Waals surface area contributed by atoms with Crippen molar-refractivity contribution in [1.82, 2.24) is 4.90 Å². The molecular formula is C20H25NOS. The molecule has 2 aromatic rings. The largest absolute Gasteiger partial charge is 0.298 e. The Hall–Kier alpha value is -1.19. The van der Waals surface area contributed by atoms with Crippen LogP contribution in [0.4, 0.5) is 0 Å². The van der Waals surface area contributed by atoms with Gasteiger partial charge in [0.1, 0.15) is 0 Å². The first-order chi connectivity index (χ1) is 11.0. The summed E-state index contributed by atoms with van der Waals surface area (Å²) < 4.78 is 1.28. The van der Waals surface area contributed by atoms with Crippen LogP contribution in [0.2, 0.25) is 0 Å². The van der Waals surface area contributed by atoms with Crippen molar-refractivity contribution in [1.29, 1.82) is 0 Å². The third-order valence-electron chi connectivity index (χ3n) is 6.33. The van der Waals surface area contributed by atoms with Crippen LogP contribution >= 0.6 is 11.3 Å². The first kappa shape index (κ1) is 15.3. The minimum atomic E-state index is 0.166. The van der Waals surface area contributed by atoms with E-state index in [1.165, 1.54) is 41.6 Å². The van der Waals surface area contributed by atoms with Gasteiger partial charge in [-0.3, -0.25) is 9.69 Å². The summed E-state index contributed by atoms with van der Waals surface area (Å²) in [5.74, 6) is 1.55. The van der Waals surface area contributed by atoms with Gasteiger partial charge in [0, 0.05) is 22.2 Å². The molecule has 0 N–H and O–H groups in total. The van der Waals surface area contributed by atoms with Gasteiger partial charge in [-0.25, -0.2) is 0 Å². The molecule has 0 saturated carbocycles. The molecule has 0 spiro atoms. The van der Waals surface area contributed by atoms with Crippen molar-refractivity contribution in [2.24, 2.45) is 11.8 Å². The van der Waals surface area contributed by atoms with Gasteiger partial charge in [-0.2, -0.15) is 0 Å². The summed E-state index contributed by atoms with van der Waals surface area (Å²) in [7, 11) is 0. The molecule has 1 atom stereocenters. The molecule has 0 amide bonds. The average molecular weight is 327 g/mol. The van der Waals surface area contributed by atoms with E-state index in [0.29, 0.717) is 18.1 Å². The topological polar surface area (TPSA) is 20.3 Å². The predicted octanol–water partition coefficient (Wildman–Crippen LogP) is 4.90. The average Bonchev–Trinajstić information content (AvgIpc) is 2.92. The molecule has 0 radical (unpaired) electrons. The van der Waals surface area contributed by atoms with Crippen LogP contribution in [0.5, 0.6) is 0 Å². The standard InChI is InChI=1S/C20H25NOS/c1-13-12-23-19-5-4-15(10-16(13)19)18(22)11-17-14-6-8-21(9-7-14)20(17,2)3/h4-5,10,12,14,17H,6-9,11H2,1-3H3/t17-/m1/s1. The molecular weight excluding hydrogens is 302 g/mol. The lowest BCUT2D eigenvalue weighted by Gasteiger charge is -2.56. The molecule has 0 aliphatic carbocycles. The van der Waals surface area contributed by atoms with Crippen molar-refractivity contribution in [3.63, 3.8) is 0 Å². The van der Waals surface area contributed by atoms with Gasteiger partial charge >= 0.3 is 0 Å². The second kappa shape index (κ2) is 5.42. The van der Waals surface area contributed by atoms with E-state index in [0.717, 1.165) is 11.5 Å². The molecule has 1 aromatic carbocycles. The van der Waals surface area contributed by atoms with Gasteiger partial charge in [0.2, 0.25) is 0 Å². The summed E-state index contributed by atoms with van der Waals surface area (Å²) in [6, 6.07) is 6.24. The second-order valence-corrected chi connectivity index (χ2v) is 8.75. The highest BCUT2D eigenvalue weighted by Gasteiger charge is 2.47. The maximum atomic E-state index is 12.9. The fourth-order valence-corrected chi connectivity index (χ4v) is 5.68. The fourth-order valence-electron chi connectivity index (χ4n) is 4.75. The minimum absolute atomic E-state index is 0.166. The minimum Gasteiger partial charge on any atom is -0.298 e. The van der Waals surface area contributed by atoms with Crippen LogP contribution in [-0.2, 0) is 0 Å². The van der Waals surface area contributed by atoms with Gasteiger partial charge < -0.3 is 0 Å². The predicted molar refractivity (Wildman–Crippen MR) is 97.4 cm³/mol. The number of carbonyl (C=O) groups excluding carboxylic acids is 1. The molecule has 3 aliphatic rings. The maximum Gasteiger partial charge on any atom is 0.163 e. The lowest BCUT2D eigenvalue weighted by molar-refractivity contribution is -0.0643. The van der Waals surface area contributed by atoms with Crippen LogP contribution in [-0.4, -0.2) is 29.3 Å². The first-order valence-electron chi connectivity index (χ1n) is 8.73. The van der Waals surface area contributed by atoms with E-state index >= 15 is 0 Å². The van der Waals surface area contributed by atoms with Gasteiger partial charge in [-0.05, 0) is 93.1 Å². The van der Waals surface area contributed by atoms with Gasteiger partial charge in [0.15, 0.2) is 5.78 Å². The molecule has 2 nitrogen and oxygen atoms in total. The molecule has 3 heteroatoms. The Morgan fingerprint density at radius 2 is 2.04 bits per heavy atom. The lowest BCUT2D eigenvalue weighted by atomic mass is 9.65. The summed E-state index contributed by atoms with van der Waals surface area (Å²) in [4.78, 5) is 15.5. The maximum absolute atomic E-state index is 12.9. The zero-order valence-corrected chi connectivity index (χ0v) is 15.1. The van der Waals surface area contributed by atoms with E-state index in [4.69, 9.17) is 0 Å². The Morgan fingerprint density at radius 1 is 1.30 bits per heavy atom. The Bertz CT molecular complexity index is 752. The number of rotatable bonds is 3. The molecule has 0 unspecified atom stereocenters. The smallest absolute Gasteiger partial charge is 0.163 e. The molecule has 3 fully saturated rings. The quantitative estimate of drug-likeness (QED) is 0.747. The number of carbonyl (C=O) groups is 1. The Morgan fingerprint density at radius 3 is 2.74 bits per heavy atom. The number of piperidine rings is 3. The van der Waals surface area contributed by atoms with Crippen LogP contribution in [0.15, 0.2) is 23.6 Å². The second-order valence-electron chi connectivity index (χ2n) is 7.84. The van der Waals surface area contributed by atoms with E-state index < -0.39 is 0 Å². The van der Waals surface area contributed by atoms with Crippen molar-refractivity contribution in [2.45, 2.75) is 45.6 Å². The number of thiophene rings is 1. The highest BCUT2D eigenvalue weighted by Crippen LogP contribution is 2.45. The van der Waals surface area contributed by atoms with Crippen molar-refractivity contribution >= 4 is 27.2 Å². The van der Waals surface area contributed by atoms with E-state index in [2.05, 4.69) is 43.2 Å². The molecule has 4 heterocycles. The first-order valence-corrected chi connectivity index (χ1v) is 9.61. The van der Waals surface area contributed by atoms with Gasteiger partial charge in [0.25, 0.3) is 0 Å².